The Bertz CT molecular complexity index is 1160. The molecule has 0 spiro atoms. The van der Waals surface area contributed by atoms with Crippen molar-refractivity contribution in [2.24, 2.45) is 0 Å². The van der Waals surface area contributed by atoms with E-state index in [0.717, 1.165) is 31.1 Å². The van der Waals surface area contributed by atoms with Crippen molar-refractivity contribution in [3.8, 4) is 5.75 Å². The second-order valence-corrected chi connectivity index (χ2v) is 8.46. The zero-order valence-corrected chi connectivity index (χ0v) is 19.6. The normalized spacial score (nSPS) is 16.6. The summed E-state index contributed by atoms with van der Waals surface area (Å²) < 4.78 is 10.1. The van der Waals surface area contributed by atoms with E-state index in [1.54, 1.807) is 25.3 Å². The van der Waals surface area contributed by atoms with Crippen molar-refractivity contribution >= 4 is 45.8 Å². The topological polar surface area (TPSA) is 86.9 Å². The van der Waals surface area contributed by atoms with Gasteiger partial charge >= 0.3 is 5.97 Å². The number of halogens is 1. The van der Waals surface area contributed by atoms with Crippen molar-refractivity contribution in [2.45, 2.75) is 13.0 Å². The van der Waals surface area contributed by atoms with E-state index in [4.69, 9.17) is 21.1 Å². The fraction of sp³-hybridized carbons (Fsp3) is 0.333. The van der Waals surface area contributed by atoms with Crippen LogP contribution in [0.4, 0.5) is 11.4 Å². The fourth-order valence-corrected chi connectivity index (χ4v) is 4.57. The van der Waals surface area contributed by atoms with E-state index in [0.29, 0.717) is 21.6 Å². The highest BCUT2D eigenvalue weighted by Gasteiger charge is 2.27. The SMILES string of the molecule is COC(=O)c1[nH]c2cccc(Cl)c2c1NC(=O)CN1CCN(c2ccc(OC)cc2)[C@@H](C)C1. The van der Waals surface area contributed by atoms with Gasteiger partial charge < -0.3 is 24.7 Å². The van der Waals surface area contributed by atoms with Gasteiger partial charge in [0.25, 0.3) is 0 Å². The molecular weight excluding hydrogens is 444 g/mol. The van der Waals surface area contributed by atoms with Gasteiger partial charge in [-0.15, -0.1) is 0 Å². The molecule has 1 aliphatic heterocycles. The zero-order valence-electron chi connectivity index (χ0n) is 18.9. The quantitative estimate of drug-likeness (QED) is 0.533. The number of aromatic amines is 1. The second-order valence-electron chi connectivity index (χ2n) is 8.05. The van der Waals surface area contributed by atoms with E-state index in [2.05, 4.69) is 27.0 Å². The van der Waals surface area contributed by atoms with Gasteiger partial charge in [-0.1, -0.05) is 17.7 Å². The maximum Gasteiger partial charge on any atom is 0.356 e. The number of esters is 1. The van der Waals surface area contributed by atoms with Crippen molar-refractivity contribution in [1.29, 1.82) is 0 Å². The monoisotopic (exact) mass is 470 g/mol. The minimum absolute atomic E-state index is 0.173. The maximum atomic E-state index is 12.9. The Morgan fingerprint density at radius 3 is 2.58 bits per heavy atom. The lowest BCUT2D eigenvalue weighted by Gasteiger charge is -2.41. The summed E-state index contributed by atoms with van der Waals surface area (Å²) >= 11 is 6.36. The molecule has 1 saturated heterocycles. The summed E-state index contributed by atoms with van der Waals surface area (Å²) in [5.74, 6) is 0.0378. The molecule has 1 atom stereocenters. The van der Waals surface area contributed by atoms with E-state index in [9.17, 15) is 9.59 Å². The van der Waals surface area contributed by atoms with E-state index < -0.39 is 5.97 Å². The molecule has 4 rings (SSSR count). The lowest BCUT2D eigenvalue weighted by Crippen LogP contribution is -2.53. The number of anilines is 2. The summed E-state index contributed by atoms with van der Waals surface area (Å²) in [7, 11) is 2.95. The molecule has 9 heteroatoms. The largest absolute Gasteiger partial charge is 0.497 e. The van der Waals surface area contributed by atoms with Gasteiger partial charge in [0.05, 0.1) is 31.5 Å². The average Bonchev–Trinajstić information content (AvgIpc) is 3.18. The summed E-state index contributed by atoms with van der Waals surface area (Å²) in [6, 6.07) is 13.5. The molecule has 1 fully saturated rings. The minimum Gasteiger partial charge on any atom is -0.497 e. The minimum atomic E-state index is -0.570. The van der Waals surface area contributed by atoms with Crippen LogP contribution in [-0.4, -0.2) is 68.2 Å². The van der Waals surface area contributed by atoms with E-state index >= 15 is 0 Å². The average molecular weight is 471 g/mol. The van der Waals surface area contributed by atoms with Gasteiger partial charge in [0.15, 0.2) is 0 Å². The van der Waals surface area contributed by atoms with E-state index in [-0.39, 0.29) is 24.2 Å². The van der Waals surface area contributed by atoms with Crippen molar-refractivity contribution < 1.29 is 19.1 Å². The first-order valence-corrected chi connectivity index (χ1v) is 11.1. The Morgan fingerprint density at radius 2 is 1.91 bits per heavy atom. The molecule has 3 aromatic rings. The Balaban J connectivity index is 1.45. The lowest BCUT2D eigenvalue weighted by atomic mass is 10.1. The van der Waals surface area contributed by atoms with Crippen LogP contribution in [0.3, 0.4) is 0 Å². The molecule has 0 bridgehead atoms. The van der Waals surface area contributed by atoms with Crippen LogP contribution in [0.25, 0.3) is 10.9 Å². The van der Waals surface area contributed by atoms with Crippen LogP contribution >= 0.6 is 11.6 Å². The number of rotatable bonds is 6. The molecule has 174 valence electrons. The standard InChI is InChI=1S/C24H27ClN4O4/c1-15-13-28(11-12-29(15)16-7-9-17(32-2)10-8-16)14-20(30)27-22-21-18(25)5-4-6-19(21)26-23(22)24(31)33-3/h4-10,15,26H,11-14H2,1-3H3,(H,27,30)/t15-/m0/s1. The number of H-pyrrole nitrogens is 1. The van der Waals surface area contributed by atoms with Crippen LogP contribution in [0.2, 0.25) is 5.02 Å². The van der Waals surface area contributed by atoms with Gasteiger partial charge in [0.1, 0.15) is 11.4 Å². The molecule has 0 aliphatic carbocycles. The first kappa shape index (κ1) is 22.9. The van der Waals surface area contributed by atoms with E-state index in [1.165, 1.54) is 7.11 Å². The maximum absolute atomic E-state index is 12.9. The van der Waals surface area contributed by atoms with Crippen LogP contribution in [0.15, 0.2) is 42.5 Å². The number of amides is 1. The number of hydrogen-bond donors (Lipinski definition) is 2. The third-order valence-corrected chi connectivity index (χ3v) is 6.23. The number of fused-ring (bicyclic) bond motifs is 1. The molecule has 0 radical (unpaired) electrons. The van der Waals surface area contributed by atoms with Crippen LogP contribution < -0.4 is 15.0 Å². The third-order valence-electron chi connectivity index (χ3n) is 5.91. The van der Waals surface area contributed by atoms with Gasteiger partial charge in [-0.3, -0.25) is 9.69 Å². The molecule has 33 heavy (non-hydrogen) atoms. The van der Waals surface area contributed by atoms with Crippen LogP contribution in [0, 0.1) is 0 Å². The number of nitrogens with one attached hydrogen (secondary N) is 2. The highest BCUT2D eigenvalue weighted by Crippen LogP contribution is 2.34. The number of carbonyl (C=O) groups excluding carboxylic acids is 2. The second kappa shape index (κ2) is 9.72. The predicted molar refractivity (Wildman–Crippen MR) is 130 cm³/mol. The smallest absolute Gasteiger partial charge is 0.356 e. The van der Waals surface area contributed by atoms with Crippen molar-refractivity contribution in [3.63, 3.8) is 0 Å². The van der Waals surface area contributed by atoms with E-state index in [1.807, 2.05) is 24.3 Å². The third kappa shape index (κ3) is 4.77. The number of piperazine rings is 1. The number of ether oxygens (including phenoxy) is 2. The van der Waals surface area contributed by atoms with Gasteiger partial charge in [0.2, 0.25) is 5.91 Å². The predicted octanol–water partition coefficient (Wildman–Crippen LogP) is 3.77. The summed E-state index contributed by atoms with van der Waals surface area (Å²) in [6.45, 7) is 4.62. The Morgan fingerprint density at radius 1 is 1.15 bits per heavy atom. The lowest BCUT2D eigenvalue weighted by molar-refractivity contribution is -0.117. The van der Waals surface area contributed by atoms with Crippen LogP contribution in [0.5, 0.6) is 5.75 Å². The van der Waals surface area contributed by atoms with Crippen LogP contribution in [-0.2, 0) is 9.53 Å². The molecule has 1 aliphatic rings. The van der Waals surface area contributed by atoms with Gasteiger partial charge in [0, 0.05) is 42.3 Å². The molecule has 0 saturated carbocycles. The number of hydrogen-bond acceptors (Lipinski definition) is 6. The highest BCUT2D eigenvalue weighted by atomic mass is 35.5. The van der Waals surface area contributed by atoms with Gasteiger partial charge in [-0.25, -0.2) is 4.79 Å². The molecule has 2 N–H and O–H groups in total. The zero-order chi connectivity index (χ0) is 23.5. The number of benzene rings is 2. The number of aromatic nitrogens is 1. The molecule has 2 heterocycles. The molecule has 0 unspecified atom stereocenters. The molecule has 8 nitrogen and oxygen atoms in total. The van der Waals surface area contributed by atoms with Gasteiger partial charge in [-0.2, -0.15) is 0 Å². The molecule has 1 amide bonds. The van der Waals surface area contributed by atoms with Crippen molar-refractivity contribution in [1.82, 2.24) is 9.88 Å². The fourth-order valence-electron chi connectivity index (χ4n) is 4.30. The number of carbonyl (C=O) groups is 2. The summed E-state index contributed by atoms with van der Waals surface area (Å²) in [5, 5.41) is 3.91. The Labute approximate surface area is 197 Å². The van der Waals surface area contributed by atoms with Crippen molar-refractivity contribution in [3.05, 3.63) is 53.2 Å². The summed E-state index contributed by atoms with van der Waals surface area (Å²) in [6.07, 6.45) is 0. The van der Waals surface area contributed by atoms with Crippen molar-refractivity contribution in [2.75, 3.05) is 50.6 Å². The Kier molecular flexibility index (Phi) is 6.76. The van der Waals surface area contributed by atoms with Gasteiger partial charge in [-0.05, 0) is 43.3 Å². The molecule has 1 aromatic heterocycles. The first-order chi connectivity index (χ1) is 15.9. The van der Waals surface area contributed by atoms with Crippen LogP contribution in [0.1, 0.15) is 17.4 Å². The molecular formula is C24H27ClN4O4. The first-order valence-electron chi connectivity index (χ1n) is 10.7. The number of methoxy groups -OCH3 is 2. The number of nitrogens with zero attached hydrogens (tertiary/aromatic N) is 2. The summed E-state index contributed by atoms with van der Waals surface area (Å²) in [5.41, 5.74) is 2.30. The Hall–Kier alpha value is -3.23. The highest BCUT2D eigenvalue weighted by molar-refractivity contribution is 6.37. The summed E-state index contributed by atoms with van der Waals surface area (Å²) in [4.78, 5) is 32.6. The molecule has 2 aromatic carbocycles.